The Bertz CT molecular complexity index is 661. The smallest absolute Gasteiger partial charge is 0.230 e. The Morgan fingerprint density at radius 3 is 3.00 bits per heavy atom. The van der Waals surface area contributed by atoms with E-state index in [9.17, 15) is 4.79 Å². The van der Waals surface area contributed by atoms with Crippen molar-refractivity contribution in [3.05, 3.63) is 35.2 Å². The van der Waals surface area contributed by atoms with Gasteiger partial charge in [-0.2, -0.15) is 4.98 Å². The van der Waals surface area contributed by atoms with Crippen LogP contribution in [0.5, 0.6) is 0 Å². The lowest BCUT2D eigenvalue weighted by Gasteiger charge is -2.09. The van der Waals surface area contributed by atoms with Crippen LogP contribution in [0.2, 0.25) is 0 Å². The highest BCUT2D eigenvalue weighted by molar-refractivity contribution is 5.59. The fraction of sp³-hybridized carbons (Fsp3) is 0.400. The van der Waals surface area contributed by atoms with Crippen molar-refractivity contribution >= 4 is 6.41 Å². The van der Waals surface area contributed by atoms with Crippen LogP contribution in [0.1, 0.15) is 48.2 Å². The van der Waals surface area contributed by atoms with Gasteiger partial charge in [0.05, 0.1) is 6.04 Å². The maximum absolute atomic E-state index is 10.6. The van der Waals surface area contributed by atoms with E-state index >= 15 is 0 Å². The monoisotopic (exact) mass is 269 g/mol. The molecule has 0 saturated heterocycles. The number of carbonyl (C=O) groups is 1. The lowest BCUT2D eigenvalue weighted by molar-refractivity contribution is -0.110. The Balaban J connectivity index is 1.64. The van der Waals surface area contributed by atoms with Crippen molar-refractivity contribution < 1.29 is 9.32 Å². The molecule has 5 nitrogen and oxygen atoms in total. The molecule has 1 aromatic carbocycles. The van der Waals surface area contributed by atoms with Crippen LogP contribution < -0.4 is 5.32 Å². The van der Waals surface area contributed by atoms with Gasteiger partial charge in [-0.05, 0) is 42.9 Å². The third kappa shape index (κ3) is 1.90. The Kier molecular flexibility index (Phi) is 2.58. The van der Waals surface area contributed by atoms with E-state index < -0.39 is 0 Å². The van der Waals surface area contributed by atoms with Crippen LogP contribution in [0, 0.1) is 0 Å². The Morgan fingerprint density at radius 1 is 1.30 bits per heavy atom. The van der Waals surface area contributed by atoms with Crippen LogP contribution in [0.4, 0.5) is 0 Å². The molecule has 0 aliphatic heterocycles. The number of hydrogen-bond acceptors (Lipinski definition) is 4. The van der Waals surface area contributed by atoms with Crippen LogP contribution in [0.25, 0.3) is 11.4 Å². The second kappa shape index (κ2) is 4.44. The molecular weight excluding hydrogens is 254 g/mol. The normalized spacial score (nSPS) is 20.7. The first-order valence-corrected chi connectivity index (χ1v) is 7.01. The molecule has 102 valence electrons. The second-order valence-electron chi connectivity index (χ2n) is 5.52. The molecule has 1 heterocycles. The average Bonchev–Trinajstić information content (AvgIpc) is 3.07. The van der Waals surface area contributed by atoms with E-state index in [1.807, 2.05) is 6.07 Å². The number of amides is 1. The number of carbonyl (C=O) groups excluding carboxylic acids is 1. The second-order valence-corrected chi connectivity index (χ2v) is 5.52. The standard InChI is InChI=1S/C15H15N3O2/c19-8-16-13-6-4-10-7-11(3-5-12(10)13)14-17-15(20-18-14)9-1-2-9/h3,5,7-9,13H,1-2,4,6H2,(H,16,19)/t13-/m1/s1. The maximum Gasteiger partial charge on any atom is 0.230 e. The van der Waals surface area contributed by atoms with E-state index in [0.29, 0.717) is 11.7 Å². The quantitative estimate of drug-likeness (QED) is 0.865. The van der Waals surface area contributed by atoms with E-state index in [2.05, 4.69) is 27.6 Å². The van der Waals surface area contributed by atoms with Gasteiger partial charge in [0.25, 0.3) is 0 Å². The molecule has 4 rings (SSSR count). The maximum atomic E-state index is 10.6. The molecule has 20 heavy (non-hydrogen) atoms. The summed E-state index contributed by atoms with van der Waals surface area (Å²) in [5, 5.41) is 6.93. The predicted molar refractivity (Wildman–Crippen MR) is 72.0 cm³/mol. The van der Waals surface area contributed by atoms with Crippen molar-refractivity contribution in [1.29, 1.82) is 0 Å². The van der Waals surface area contributed by atoms with Gasteiger partial charge in [0.1, 0.15) is 0 Å². The van der Waals surface area contributed by atoms with E-state index in [1.165, 1.54) is 11.1 Å². The van der Waals surface area contributed by atoms with Gasteiger partial charge in [-0.3, -0.25) is 4.79 Å². The average molecular weight is 269 g/mol. The summed E-state index contributed by atoms with van der Waals surface area (Å²) < 4.78 is 5.30. The Hall–Kier alpha value is -2.17. The zero-order chi connectivity index (χ0) is 13.5. The van der Waals surface area contributed by atoms with Crippen molar-refractivity contribution in [2.75, 3.05) is 0 Å². The van der Waals surface area contributed by atoms with Gasteiger partial charge in [-0.15, -0.1) is 0 Å². The van der Waals surface area contributed by atoms with Crippen molar-refractivity contribution in [1.82, 2.24) is 15.5 Å². The van der Waals surface area contributed by atoms with Crippen LogP contribution >= 0.6 is 0 Å². The number of fused-ring (bicyclic) bond motifs is 1. The number of nitrogens with zero attached hydrogens (tertiary/aromatic N) is 2. The number of aryl methyl sites for hydroxylation is 1. The Labute approximate surface area is 116 Å². The predicted octanol–water partition coefficient (Wildman–Crippen LogP) is 2.35. The van der Waals surface area contributed by atoms with Gasteiger partial charge in [0.2, 0.25) is 18.1 Å². The molecule has 1 fully saturated rings. The van der Waals surface area contributed by atoms with Gasteiger partial charge >= 0.3 is 0 Å². The number of hydrogen-bond donors (Lipinski definition) is 1. The first kappa shape index (κ1) is 11.6. The van der Waals surface area contributed by atoms with E-state index in [1.54, 1.807) is 0 Å². The first-order valence-electron chi connectivity index (χ1n) is 7.01. The minimum Gasteiger partial charge on any atom is -0.352 e. The fourth-order valence-electron chi connectivity index (χ4n) is 2.86. The summed E-state index contributed by atoms with van der Waals surface area (Å²) in [5.74, 6) is 1.91. The topological polar surface area (TPSA) is 68.0 Å². The van der Waals surface area contributed by atoms with Crippen LogP contribution in [0.3, 0.4) is 0 Å². The third-order valence-corrected chi connectivity index (χ3v) is 4.12. The Morgan fingerprint density at radius 2 is 2.20 bits per heavy atom. The number of benzene rings is 1. The minimum absolute atomic E-state index is 0.142. The number of rotatable bonds is 4. The molecule has 5 heteroatoms. The SMILES string of the molecule is O=CN[C@@H]1CCc2cc(-c3noc(C4CC4)n3)ccc21. The van der Waals surface area contributed by atoms with Crippen LogP contribution in [0.15, 0.2) is 22.7 Å². The molecule has 2 aliphatic rings. The summed E-state index contributed by atoms with van der Waals surface area (Å²) in [7, 11) is 0. The van der Waals surface area contributed by atoms with E-state index in [4.69, 9.17) is 4.52 Å². The van der Waals surface area contributed by atoms with Crippen molar-refractivity contribution in [3.63, 3.8) is 0 Å². The largest absolute Gasteiger partial charge is 0.352 e. The molecule has 1 atom stereocenters. The summed E-state index contributed by atoms with van der Waals surface area (Å²) in [6.07, 6.45) is 5.02. The third-order valence-electron chi connectivity index (χ3n) is 4.12. The molecule has 1 amide bonds. The molecule has 0 radical (unpaired) electrons. The zero-order valence-electron chi connectivity index (χ0n) is 11.0. The summed E-state index contributed by atoms with van der Waals surface area (Å²) in [4.78, 5) is 15.1. The van der Waals surface area contributed by atoms with Gasteiger partial charge < -0.3 is 9.84 Å². The molecule has 1 N–H and O–H groups in total. The van der Waals surface area contributed by atoms with E-state index in [-0.39, 0.29) is 6.04 Å². The van der Waals surface area contributed by atoms with Gasteiger partial charge in [-0.1, -0.05) is 17.3 Å². The summed E-state index contributed by atoms with van der Waals surface area (Å²) in [6.45, 7) is 0. The highest BCUT2D eigenvalue weighted by atomic mass is 16.5. The van der Waals surface area contributed by atoms with Crippen LogP contribution in [-0.2, 0) is 11.2 Å². The fourth-order valence-corrected chi connectivity index (χ4v) is 2.86. The van der Waals surface area contributed by atoms with Gasteiger partial charge in [-0.25, -0.2) is 0 Å². The highest BCUT2D eigenvalue weighted by Crippen LogP contribution is 2.40. The first-order chi connectivity index (χ1) is 9.85. The molecule has 0 unspecified atom stereocenters. The van der Waals surface area contributed by atoms with Crippen molar-refractivity contribution in [3.8, 4) is 11.4 Å². The van der Waals surface area contributed by atoms with Crippen LogP contribution in [-0.4, -0.2) is 16.6 Å². The van der Waals surface area contributed by atoms with E-state index in [0.717, 1.165) is 43.5 Å². The van der Waals surface area contributed by atoms with Crippen molar-refractivity contribution in [2.24, 2.45) is 0 Å². The van der Waals surface area contributed by atoms with Gasteiger partial charge in [0.15, 0.2) is 0 Å². The lowest BCUT2D eigenvalue weighted by Crippen LogP contribution is -2.16. The summed E-state index contributed by atoms with van der Waals surface area (Å²) in [6, 6.07) is 6.32. The van der Waals surface area contributed by atoms with Gasteiger partial charge in [0, 0.05) is 11.5 Å². The summed E-state index contributed by atoms with van der Waals surface area (Å²) >= 11 is 0. The molecule has 1 saturated carbocycles. The number of nitrogens with one attached hydrogen (secondary N) is 1. The summed E-state index contributed by atoms with van der Waals surface area (Å²) in [5.41, 5.74) is 3.46. The van der Waals surface area contributed by atoms with Crippen molar-refractivity contribution in [2.45, 2.75) is 37.6 Å². The highest BCUT2D eigenvalue weighted by Gasteiger charge is 2.30. The number of aromatic nitrogens is 2. The molecule has 0 bridgehead atoms. The molecule has 0 spiro atoms. The molecular formula is C15H15N3O2. The molecule has 2 aliphatic carbocycles. The molecule has 1 aromatic heterocycles. The zero-order valence-corrected chi connectivity index (χ0v) is 11.0. The lowest BCUT2D eigenvalue weighted by atomic mass is 10.0. The molecule has 2 aromatic rings. The minimum atomic E-state index is 0.142.